The van der Waals surface area contributed by atoms with Gasteiger partial charge in [-0.15, -0.1) is 0 Å². The molecule has 0 fully saturated rings. The molecule has 1 rings (SSSR count). The quantitative estimate of drug-likeness (QED) is 0.108. The summed E-state index contributed by atoms with van der Waals surface area (Å²) >= 11 is 0. The van der Waals surface area contributed by atoms with Gasteiger partial charge in [-0.3, -0.25) is 40.5 Å². The lowest BCUT2D eigenvalue weighted by molar-refractivity contribution is -0.404. The number of carboxylic acids is 1. The van der Waals surface area contributed by atoms with Crippen molar-refractivity contribution in [2.45, 2.75) is 18.9 Å². The van der Waals surface area contributed by atoms with Crippen LogP contribution in [0.3, 0.4) is 0 Å². The normalized spacial score (nSPS) is 10.8. The van der Waals surface area contributed by atoms with Crippen molar-refractivity contribution < 1.29 is 29.8 Å². The summed E-state index contributed by atoms with van der Waals surface area (Å²) in [6.07, 6.45) is 0.975. The number of hydrogen-bond acceptors (Lipinski definition) is 10. The molecule has 1 atom stereocenters. The van der Waals surface area contributed by atoms with Gasteiger partial charge in [0.25, 0.3) is 11.4 Å². The van der Waals surface area contributed by atoms with Crippen molar-refractivity contribution in [2.75, 3.05) is 6.54 Å². The number of benzene rings is 1. The van der Waals surface area contributed by atoms with Gasteiger partial charge in [0.05, 0.1) is 26.9 Å². The number of nitro groups is 3. The molecule has 0 radical (unpaired) electrons. The number of nitro benzene ring substituents is 3. The van der Waals surface area contributed by atoms with Gasteiger partial charge in [0.15, 0.2) is 5.96 Å². The average Bonchev–Trinajstić information content (AvgIpc) is 2.58. The van der Waals surface area contributed by atoms with Crippen LogP contribution in [0.2, 0.25) is 0 Å². The maximum absolute atomic E-state index is 10.4. The molecule has 154 valence electrons. The summed E-state index contributed by atoms with van der Waals surface area (Å²) < 4.78 is 0. The largest absolute Gasteiger partial charge is 0.497 e. The molecular weight excluding hydrogens is 386 g/mol. The number of phenols is 1. The number of phenolic OH excluding ortho intramolecular Hbond substituents is 1. The molecule has 16 nitrogen and oxygen atoms in total. The van der Waals surface area contributed by atoms with Gasteiger partial charge < -0.3 is 27.0 Å². The summed E-state index contributed by atoms with van der Waals surface area (Å²) in [4.78, 5) is 38.0. The smallest absolute Gasteiger partial charge is 0.324 e. The van der Waals surface area contributed by atoms with E-state index >= 15 is 0 Å². The number of guanidine groups is 1. The number of aromatic hydroxyl groups is 1. The Labute approximate surface area is 155 Å². The highest BCUT2D eigenvalue weighted by Crippen LogP contribution is 2.38. The number of nitrogens with zero attached hydrogens (tertiary/aromatic N) is 3. The summed E-state index contributed by atoms with van der Waals surface area (Å²) in [6.45, 7) is 0.482. The topological polar surface area (TPSA) is 275 Å². The molecule has 1 unspecified atom stereocenters. The van der Waals surface area contributed by atoms with E-state index in [9.17, 15) is 35.1 Å². The van der Waals surface area contributed by atoms with E-state index in [1.54, 1.807) is 0 Å². The number of non-ortho nitro benzene ring substituents is 1. The van der Waals surface area contributed by atoms with Crippen LogP contribution in [0.4, 0.5) is 17.1 Å². The van der Waals surface area contributed by atoms with Crippen molar-refractivity contribution in [3.8, 4) is 5.75 Å². The van der Waals surface area contributed by atoms with E-state index in [0.717, 1.165) is 0 Å². The lowest BCUT2D eigenvalue weighted by atomic mass is 10.2. The molecule has 0 saturated carbocycles. The Bertz CT molecular complexity index is 748. The third-order valence-electron chi connectivity index (χ3n) is 2.98. The summed E-state index contributed by atoms with van der Waals surface area (Å²) in [6, 6.07) is 0.0729. The molecule has 0 spiro atoms. The highest BCUT2D eigenvalue weighted by atomic mass is 16.6. The molecule has 0 aromatic heterocycles. The molecule has 16 heteroatoms. The van der Waals surface area contributed by atoms with Gasteiger partial charge in [0.1, 0.15) is 6.04 Å². The molecule has 0 aliphatic rings. The summed E-state index contributed by atoms with van der Waals surface area (Å²) in [5.74, 6) is -2.32. The molecule has 28 heavy (non-hydrogen) atoms. The van der Waals surface area contributed by atoms with E-state index in [1.165, 1.54) is 0 Å². The predicted molar refractivity (Wildman–Crippen MR) is 92.8 cm³/mol. The van der Waals surface area contributed by atoms with Crippen LogP contribution >= 0.6 is 0 Å². The van der Waals surface area contributed by atoms with E-state index in [4.69, 9.17) is 27.1 Å². The number of rotatable bonds is 8. The first-order valence-corrected chi connectivity index (χ1v) is 7.24. The third kappa shape index (κ3) is 7.87. The average molecular weight is 403 g/mol. The fourth-order valence-electron chi connectivity index (χ4n) is 1.64. The minimum absolute atomic E-state index is 0.112. The van der Waals surface area contributed by atoms with Crippen LogP contribution in [0.25, 0.3) is 0 Å². The van der Waals surface area contributed by atoms with Crippen molar-refractivity contribution >= 4 is 29.0 Å². The second-order valence-electron chi connectivity index (χ2n) is 5.03. The van der Waals surface area contributed by atoms with Crippen molar-refractivity contribution in [1.29, 1.82) is 5.41 Å². The second-order valence-corrected chi connectivity index (χ2v) is 5.03. The first-order valence-electron chi connectivity index (χ1n) is 7.24. The zero-order valence-corrected chi connectivity index (χ0v) is 14.1. The minimum atomic E-state index is -1.21. The van der Waals surface area contributed by atoms with E-state index in [-0.39, 0.29) is 5.96 Å². The molecule has 0 aliphatic carbocycles. The maximum Gasteiger partial charge on any atom is 0.324 e. The molecule has 1 aromatic carbocycles. The zero-order valence-electron chi connectivity index (χ0n) is 14.1. The monoisotopic (exact) mass is 403 g/mol. The van der Waals surface area contributed by atoms with E-state index in [1.807, 2.05) is 0 Å². The maximum atomic E-state index is 10.4. The molecule has 0 amide bonds. The van der Waals surface area contributed by atoms with Crippen LogP contribution in [0, 0.1) is 35.8 Å². The van der Waals surface area contributed by atoms with Crippen molar-refractivity contribution in [3.05, 3.63) is 42.5 Å². The molecule has 0 heterocycles. The molecule has 0 aliphatic heterocycles. The number of hydrogen-bond donors (Lipinski definition) is 6. The highest BCUT2D eigenvalue weighted by Gasteiger charge is 2.30. The first kappa shape index (κ1) is 23.9. The summed E-state index contributed by atoms with van der Waals surface area (Å²) in [5, 5.41) is 57.9. The number of carboxylic acid groups (broad SMARTS) is 1. The van der Waals surface area contributed by atoms with Gasteiger partial charge in [-0.25, -0.2) is 0 Å². The molecule has 0 saturated heterocycles. The number of nitrogens with two attached hydrogens (primary N) is 2. The van der Waals surface area contributed by atoms with Gasteiger partial charge in [-0.1, -0.05) is 0 Å². The van der Waals surface area contributed by atoms with Gasteiger partial charge in [0, 0.05) is 6.54 Å². The second kappa shape index (κ2) is 10.8. The Morgan fingerprint density at radius 3 is 1.93 bits per heavy atom. The zero-order chi connectivity index (χ0) is 22.0. The van der Waals surface area contributed by atoms with Gasteiger partial charge in [0.2, 0.25) is 0 Å². The van der Waals surface area contributed by atoms with Gasteiger partial charge >= 0.3 is 17.3 Å². The minimum Gasteiger partial charge on any atom is -0.497 e. The fourth-order valence-corrected chi connectivity index (χ4v) is 1.64. The number of carbonyl (C=O) groups is 1. The van der Waals surface area contributed by atoms with E-state index < -0.39 is 49.6 Å². The van der Waals surface area contributed by atoms with Crippen LogP contribution in [-0.2, 0) is 4.79 Å². The number of aliphatic carboxylic acids is 1. The summed E-state index contributed by atoms with van der Waals surface area (Å²) in [7, 11) is 0. The molecule has 8 N–H and O–H groups in total. The third-order valence-corrected chi connectivity index (χ3v) is 2.98. The SMILES string of the molecule is N=C(N)NCCCC(N)C(=O)O.O=[N+]([O-])c1cc([N+](=O)[O-])c(O)c([N+](=O)[O-])c1. The van der Waals surface area contributed by atoms with Crippen LogP contribution < -0.4 is 16.8 Å². The van der Waals surface area contributed by atoms with Gasteiger partial charge in [-0.2, -0.15) is 0 Å². The Morgan fingerprint density at radius 1 is 1.14 bits per heavy atom. The Hall–Kier alpha value is -4.08. The van der Waals surface area contributed by atoms with E-state index in [2.05, 4.69) is 5.32 Å². The Balaban J connectivity index is 0.000000546. The van der Waals surface area contributed by atoms with Gasteiger partial charge in [-0.05, 0) is 12.8 Å². The summed E-state index contributed by atoms with van der Waals surface area (Å²) in [5.41, 5.74) is 7.21. The van der Waals surface area contributed by atoms with Crippen LogP contribution in [0.5, 0.6) is 5.75 Å². The lowest BCUT2D eigenvalue weighted by Crippen LogP contribution is -2.34. The predicted octanol–water partition coefficient (Wildman–Crippen LogP) is -0.222. The number of nitrogens with one attached hydrogen (secondary N) is 2. The van der Waals surface area contributed by atoms with Crippen LogP contribution in [-0.4, -0.2) is 49.5 Å². The van der Waals surface area contributed by atoms with Crippen LogP contribution in [0.15, 0.2) is 12.1 Å². The molecule has 0 bridgehead atoms. The van der Waals surface area contributed by atoms with Crippen molar-refractivity contribution in [3.63, 3.8) is 0 Å². The molecule has 1 aromatic rings. The van der Waals surface area contributed by atoms with E-state index in [0.29, 0.717) is 31.5 Å². The van der Waals surface area contributed by atoms with Crippen molar-refractivity contribution in [2.24, 2.45) is 11.5 Å². The molecular formula is C12H17N7O9. The van der Waals surface area contributed by atoms with Crippen LogP contribution in [0.1, 0.15) is 12.8 Å². The highest BCUT2D eigenvalue weighted by molar-refractivity contribution is 5.74. The fraction of sp³-hybridized carbons (Fsp3) is 0.333. The standard InChI is InChI=1S/C6H14N4O2.C6H3N3O7/c7-4(5(11)12)2-1-3-10-6(8)9;10-6-4(8(13)14)1-3(7(11)12)2-5(6)9(15)16/h4H,1-3,7H2,(H,11,12)(H4,8,9,10);1-2,10H. The Kier molecular flexibility index (Phi) is 9.23. The lowest BCUT2D eigenvalue weighted by Gasteiger charge is -2.06. The first-order chi connectivity index (χ1) is 12.9. The van der Waals surface area contributed by atoms with Crippen molar-refractivity contribution in [1.82, 2.24) is 5.32 Å². The Morgan fingerprint density at radius 2 is 1.61 bits per heavy atom.